The molecule has 4 rings (SSSR count). The number of aryl methyl sites for hydroxylation is 1. The first-order chi connectivity index (χ1) is 12.5. The molecule has 0 spiro atoms. The topological polar surface area (TPSA) is 94.0 Å². The molecule has 0 saturated heterocycles. The second-order valence-electron chi connectivity index (χ2n) is 6.80. The summed E-state index contributed by atoms with van der Waals surface area (Å²) in [6.07, 6.45) is 2.79. The number of nitrogens with zero attached hydrogens (tertiary/aromatic N) is 2. The highest BCUT2D eigenvalue weighted by molar-refractivity contribution is 6.06. The van der Waals surface area contributed by atoms with E-state index in [0.717, 1.165) is 24.8 Å². The van der Waals surface area contributed by atoms with Crippen LogP contribution in [0.2, 0.25) is 0 Å². The van der Waals surface area contributed by atoms with Crippen molar-refractivity contribution < 1.29 is 9.32 Å². The summed E-state index contributed by atoms with van der Waals surface area (Å²) in [5.74, 6) is 0.700. The lowest BCUT2D eigenvalue weighted by Gasteiger charge is -2.34. The van der Waals surface area contributed by atoms with Crippen molar-refractivity contribution in [2.24, 2.45) is 5.73 Å². The number of benzene rings is 2. The van der Waals surface area contributed by atoms with Crippen LogP contribution in [0.1, 0.15) is 41.0 Å². The molecule has 1 fully saturated rings. The summed E-state index contributed by atoms with van der Waals surface area (Å²) in [4.78, 5) is 17.0. The van der Waals surface area contributed by atoms with Gasteiger partial charge in [-0.05, 0) is 50.5 Å². The molecule has 3 aromatic rings. The minimum atomic E-state index is -0.485. The van der Waals surface area contributed by atoms with Gasteiger partial charge in [-0.25, -0.2) is 0 Å². The molecule has 7 heteroatoms. The van der Waals surface area contributed by atoms with Crippen LogP contribution >= 0.6 is 12.4 Å². The van der Waals surface area contributed by atoms with E-state index in [-0.39, 0.29) is 18.3 Å². The van der Waals surface area contributed by atoms with E-state index >= 15 is 0 Å². The fraction of sp³-hybridized carbons (Fsp3) is 0.250. The van der Waals surface area contributed by atoms with E-state index in [1.807, 2.05) is 49.4 Å². The van der Waals surface area contributed by atoms with Crippen molar-refractivity contribution in [1.29, 1.82) is 0 Å². The van der Waals surface area contributed by atoms with E-state index < -0.39 is 5.54 Å². The number of hydrogen-bond acceptors (Lipinski definition) is 5. The average molecular weight is 385 g/mol. The maximum Gasteiger partial charge on any atom is 0.260 e. The van der Waals surface area contributed by atoms with E-state index in [9.17, 15) is 4.79 Å². The molecule has 1 aromatic heterocycles. The largest absolute Gasteiger partial charge is 0.334 e. The van der Waals surface area contributed by atoms with Crippen molar-refractivity contribution in [3.05, 3.63) is 65.5 Å². The summed E-state index contributed by atoms with van der Waals surface area (Å²) in [6, 6.07) is 14.8. The molecule has 27 heavy (non-hydrogen) atoms. The lowest BCUT2D eigenvalue weighted by atomic mass is 9.77. The highest BCUT2D eigenvalue weighted by atomic mass is 35.5. The number of carbonyl (C=O) groups is 1. The number of para-hydroxylation sites is 1. The molecule has 3 N–H and O–H groups in total. The first-order valence-electron chi connectivity index (χ1n) is 8.66. The van der Waals surface area contributed by atoms with Crippen molar-refractivity contribution in [2.45, 2.75) is 31.7 Å². The highest BCUT2D eigenvalue weighted by Crippen LogP contribution is 2.38. The fourth-order valence-corrected chi connectivity index (χ4v) is 3.08. The van der Waals surface area contributed by atoms with Crippen LogP contribution in [-0.4, -0.2) is 16.0 Å². The number of amides is 1. The zero-order valence-corrected chi connectivity index (χ0v) is 15.8. The molecule has 0 atom stereocenters. The van der Waals surface area contributed by atoms with Gasteiger partial charge in [0.1, 0.15) is 0 Å². The first kappa shape index (κ1) is 19.1. The Bertz CT molecular complexity index is 966. The predicted octanol–water partition coefficient (Wildman–Crippen LogP) is 4.06. The summed E-state index contributed by atoms with van der Waals surface area (Å²) in [5.41, 5.74) is 8.71. The normalized spacial score (nSPS) is 14.7. The molecule has 1 aliphatic rings. The highest BCUT2D eigenvalue weighted by Gasteiger charge is 2.39. The Hall–Kier alpha value is -2.70. The van der Waals surface area contributed by atoms with Gasteiger partial charge >= 0.3 is 0 Å². The Labute approximate surface area is 163 Å². The van der Waals surface area contributed by atoms with Crippen LogP contribution in [-0.2, 0) is 5.54 Å². The zero-order valence-electron chi connectivity index (χ0n) is 14.9. The predicted molar refractivity (Wildman–Crippen MR) is 106 cm³/mol. The molecule has 1 aliphatic carbocycles. The van der Waals surface area contributed by atoms with Crippen molar-refractivity contribution >= 4 is 24.0 Å². The minimum absolute atomic E-state index is 0. The standard InChI is InChI=1S/C20H20N4O2.ClH/c1-13-6-4-7-14(12-13)17(25)22-16-9-3-2-8-15(16)18-23-19(24-26-18)20(21)10-5-11-20;/h2-4,6-9,12H,5,10-11,21H2,1H3,(H,22,25);1H. The van der Waals surface area contributed by atoms with Gasteiger partial charge in [-0.1, -0.05) is 35.0 Å². The van der Waals surface area contributed by atoms with E-state index in [2.05, 4.69) is 15.5 Å². The lowest BCUT2D eigenvalue weighted by Crippen LogP contribution is -2.44. The van der Waals surface area contributed by atoms with E-state index in [1.165, 1.54) is 0 Å². The van der Waals surface area contributed by atoms with E-state index in [0.29, 0.717) is 28.5 Å². The number of carbonyl (C=O) groups excluding carboxylic acids is 1. The van der Waals surface area contributed by atoms with Crippen LogP contribution < -0.4 is 11.1 Å². The van der Waals surface area contributed by atoms with Gasteiger partial charge in [0.15, 0.2) is 5.82 Å². The number of anilines is 1. The summed E-state index contributed by atoms with van der Waals surface area (Å²) < 4.78 is 5.43. The quantitative estimate of drug-likeness (QED) is 0.707. The fourth-order valence-electron chi connectivity index (χ4n) is 3.08. The van der Waals surface area contributed by atoms with Gasteiger partial charge in [0.25, 0.3) is 11.8 Å². The van der Waals surface area contributed by atoms with Gasteiger partial charge in [-0.3, -0.25) is 4.79 Å². The Morgan fingerprint density at radius 3 is 2.67 bits per heavy atom. The third-order valence-electron chi connectivity index (χ3n) is 4.80. The van der Waals surface area contributed by atoms with Gasteiger partial charge in [-0.2, -0.15) is 4.98 Å². The molecule has 1 amide bonds. The maximum atomic E-state index is 12.6. The number of nitrogens with two attached hydrogens (primary N) is 1. The van der Waals surface area contributed by atoms with E-state index in [4.69, 9.17) is 10.3 Å². The smallest absolute Gasteiger partial charge is 0.260 e. The van der Waals surface area contributed by atoms with Gasteiger partial charge in [-0.15, -0.1) is 12.4 Å². The van der Waals surface area contributed by atoms with Crippen LogP contribution in [0.5, 0.6) is 0 Å². The molecule has 0 radical (unpaired) electrons. The second kappa shape index (κ2) is 7.50. The number of halogens is 1. The van der Waals surface area contributed by atoms with Crippen molar-refractivity contribution in [1.82, 2.24) is 10.1 Å². The number of hydrogen-bond donors (Lipinski definition) is 2. The third-order valence-corrected chi connectivity index (χ3v) is 4.80. The number of aromatic nitrogens is 2. The minimum Gasteiger partial charge on any atom is -0.334 e. The molecule has 0 bridgehead atoms. The van der Waals surface area contributed by atoms with Gasteiger partial charge in [0.05, 0.1) is 16.8 Å². The monoisotopic (exact) mass is 384 g/mol. The molecule has 0 unspecified atom stereocenters. The Kier molecular flexibility index (Phi) is 5.30. The SMILES string of the molecule is Cc1cccc(C(=O)Nc2ccccc2-c2nc(C3(N)CCC3)no2)c1.Cl. The van der Waals surface area contributed by atoms with Crippen LogP contribution in [0, 0.1) is 6.92 Å². The first-order valence-corrected chi connectivity index (χ1v) is 8.66. The van der Waals surface area contributed by atoms with Crippen LogP contribution in [0.15, 0.2) is 53.1 Å². The summed E-state index contributed by atoms with van der Waals surface area (Å²) in [7, 11) is 0. The average Bonchev–Trinajstić information content (AvgIpc) is 3.10. The molecular weight excluding hydrogens is 364 g/mol. The molecule has 6 nitrogen and oxygen atoms in total. The molecule has 140 valence electrons. The molecule has 0 aliphatic heterocycles. The summed E-state index contributed by atoms with van der Waals surface area (Å²) >= 11 is 0. The Morgan fingerprint density at radius 2 is 1.96 bits per heavy atom. The lowest BCUT2D eigenvalue weighted by molar-refractivity contribution is 0.102. The van der Waals surface area contributed by atoms with Gasteiger partial charge in [0.2, 0.25) is 0 Å². The zero-order chi connectivity index (χ0) is 18.1. The molecule has 1 heterocycles. The molecular formula is C20H21ClN4O2. The summed E-state index contributed by atoms with van der Waals surface area (Å²) in [6.45, 7) is 1.95. The van der Waals surface area contributed by atoms with Gasteiger partial charge < -0.3 is 15.6 Å². The number of nitrogens with one attached hydrogen (secondary N) is 1. The van der Waals surface area contributed by atoms with Crippen molar-refractivity contribution in [3.63, 3.8) is 0 Å². The van der Waals surface area contributed by atoms with Crippen molar-refractivity contribution in [2.75, 3.05) is 5.32 Å². The maximum absolute atomic E-state index is 12.6. The number of rotatable bonds is 4. The third kappa shape index (κ3) is 3.72. The van der Waals surface area contributed by atoms with Crippen LogP contribution in [0.3, 0.4) is 0 Å². The van der Waals surface area contributed by atoms with E-state index in [1.54, 1.807) is 6.07 Å². The molecule has 1 saturated carbocycles. The van der Waals surface area contributed by atoms with Crippen LogP contribution in [0.4, 0.5) is 5.69 Å². The Morgan fingerprint density at radius 1 is 1.19 bits per heavy atom. The molecule has 2 aromatic carbocycles. The summed E-state index contributed by atoms with van der Waals surface area (Å²) in [5, 5.41) is 6.98. The van der Waals surface area contributed by atoms with Crippen LogP contribution in [0.25, 0.3) is 11.5 Å². The second-order valence-corrected chi connectivity index (χ2v) is 6.80. The Balaban J connectivity index is 0.00000210. The van der Waals surface area contributed by atoms with Crippen molar-refractivity contribution in [3.8, 4) is 11.5 Å². The van der Waals surface area contributed by atoms with Gasteiger partial charge in [0, 0.05) is 5.56 Å².